The Labute approximate surface area is 322 Å². The van der Waals surface area contributed by atoms with E-state index < -0.39 is 66.3 Å². The van der Waals surface area contributed by atoms with Crippen molar-refractivity contribution in [2.45, 2.75) is 75.5 Å². The highest BCUT2D eigenvalue weighted by Crippen LogP contribution is 2.60. The van der Waals surface area contributed by atoms with Crippen LogP contribution >= 0.6 is 0 Å². The molecule has 0 unspecified atom stereocenters. The van der Waals surface area contributed by atoms with Gasteiger partial charge in [0, 0.05) is 25.8 Å². The lowest BCUT2D eigenvalue weighted by Gasteiger charge is -2.40. The van der Waals surface area contributed by atoms with E-state index in [0.29, 0.717) is 36.1 Å². The molecule has 2 bridgehead atoms. The number of methoxy groups -OCH3 is 1. The predicted molar refractivity (Wildman–Crippen MR) is 208 cm³/mol. The van der Waals surface area contributed by atoms with Crippen LogP contribution in [-0.4, -0.2) is 84.4 Å². The number of likely N-dealkylation sites (tertiary alicyclic amines) is 1. The number of para-hydroxylation sites is 1. The third kappa shape index (κ3) is 7.48. The summed E-state index contributed by atoms with van der Waals surface area (Å²) in [6, 6.07) is 21.1. The maximum absolute atomic E-state index is 15.3. The number of benzene rings is 3. The van der Waals surface area contributed by atoms with Gasteiger partial charge in [-0.3, -0.25) is 19.2 Å². The zero-order valence-electron chi connectivity index (χ0n) is 31.8. The van der Waals surface area contributed by atoms with Crippen LogP contribution in [0.3, 0.4) is 0 Å². The summed E-state index contributed by atoms with van der Waals surface area (Å²) in [5.74, 6) is -3.92. The molecular weight excluding hydrogens is 698 g/mol. The van der Waals surface area contributed by atoms with E-state index >= 15 is 9.59 Å². The zero-order valence-corrected chi connectivity index (χ0v) is 31.8. The highest BCUT2D eigenvalue weighted by atomic mass is 16.6. The summed E-state index contributed by atoms with van der Waals surface area (Å²) in [6.07, 6.45) is 3.05. The number of ether oxygens (including phenoxy) is 3. The van der Waals surface area contributed by atoms with Gasteiger partial charge in [-0.05, 0) is 55.4 Å². The number of carbonyl (C=O) groups is 4. The Kier molecular flexibility index (Phi) is 12.3. The molecule has 1 spiro atoms. The molecule has 3 aromatic rings. The Morgan fingerprint density at radius 3 is 2.25 bits per heavy atom. The average Bonchev–Trinajstić information content (AvgIpc) is 3.84. The topological polar surface area (TPSA) is 135 Å². The molecule has 11 heteroatoms. The number of allylic oxidation sites excluding steroid dienone is 1. The van der Waals surface area contributed by atoms with Crippen molar-refractivity contribution in [2.24, 2.45) is 11.8 Å². The van der Waals surface area contributed by atoms with E-state index in [9.17, 15) is 14.7 Å². The number of aliphatic hydroxyl groups is 1. The Balaban J connectivity index is 1.42. The highest BCUT2D eigenvalue weighted by Gasteiger charge is 2.76. The van der Waals surface area contributed by atoms with Crippen LogP contribution in [0.15, 0.2) is 104 Å². The van der Waals surface area contributed by atoms with Crippen LogP contribution < -0.4 is 10.2 Å². The fraction of sp³-hybridized carbons (Fsp3) is 0.409. The molecule has 55 heavy (non-hydrogen) atoms. The summed E-state index contributed by atoms with van der Waals surface area (Å²) in [4.78, 5) is 61.2. The second kappa shape index (κ2) is 17.1. The van der Waals surface area contributed by atoms with Crippen LogP contribution in [0.5, 0.6) is 0 Å². The van der Waals surface area contributed by atoms with Crippen molar-refractivity contribution >= 4 is 29.4 Å². The fourth-order valence-corrected chi connectivity index (χ4v) is 8.93. The molecule has 3 aliphatic rings. The predicted octanol–water partition coefficient (Wildman–Crippen LogP) is 5.31. The van der Waals surface area contributed by atoms with Crippen LogP contribution in [0.25, 0.3) is 0 Å². The molecule has 0 radical (unpaired) electrons. The molecule has 3 amide bonds. The molecule has 11 nitrogen and oxygen atoms in total. The van der Waals surface area contributed by atoms with E-state index in [1.165, 1.54) is 12.0 Å². The number of aryl methyl sites for hydroxylation is 2. The second-order valence-corrected chi connectivity index (χ2v) is 14.6. The minimum absolute atomic E-state index is 0.0423. The lowest BCUT2D eigenvalue weighted by Crippen LogP contribution is -2.57. The van der Waals surface area contributed by atoms with Gasteiger partial charge >= 0.3 is 5.97 Å². The van der Waals surface area contributed by atoms with Gasteiger partial charge in [-0.15, -0.1) is 13.2 Å². The third-order valence-corrected chi connectivity index (χ3v) is 11.2. The quantitative estimate of drug-likeness (QED) is 0.140. The van der Waals surface area contributed by atoms with Crippen LogP contribution in [-0.2, 0) is 33.4 Å². The smallest absolute Gasteiger partial charge is 0.313 e. The fourth-order valence-electron chi connectivity index (χ4n) is 8.93. The molecule has 8 atom stereocenters. The first-order chi connectivity index (χ1) is 26.6. The molecule has 3 saturated heterocycles. The summed E-state index contributed by atoms with van der Waals surface area (Å²) in [5, 5.41) is 13.9. The Morgan fingerprint density at radius 1 is 1.00 bits per heavy atom. The van der Waals surface area contributed by atoms with Crippen molar-refractivity contribution in [3.63, 3.8) is 0 Å². The maximum atomic E-state index is 15.3. The first-order valence-electron chi connectivity index (χ1n) is 18.9. The van der Waals surface area contributed by atoms with Gasteiger partial charge in [0.05, 0.1) is 43.2 Å². The van der Waals surface area contributed by atoms with E-state index in [-0.39, 0.29) is 31.4 Å². The number of aliphatic hydroxyl groups excluding tert-OH is 1. The summed E-state index contributed by atoms with van der Waals surface area (Å²) < 4.78 is 18.7. The number of esters is 1. The van der Waals surface area contributed by atoms with Crippen molar-refractivity contribution in [3.05, 3.63) is 126 Å². The third-order valence-electron chi connectivity index (χ3n) is 11.2. The van der Waals surface area contributed by atoms with Gasteiger partial charge in [0.15, 0.2) is 0 Å². The summed E-state index contributed by atoms with van der Waals surface area (Å²) in [6.45, 7) is 11.2. The maximum Gasteiger partial charge on any atom is 0.313 e. The number of carbonyl (C=O) groups excluding carboxylic acids is 4. The Morgan fingerprint density at radius 2 is 1.65 bits per heavy atom. The van der Waals surface area contributed by atoms with Crippen molar-refractivity contribution in [3.8, 4) is 0 Å². The number of hydrogen-bond donors (Lipinski definition) is 2. The van der Waals surface area contributed by atoms with E-state index in [1.54, 1.807) is 29.2 Å². The van der Waals surface area contributed by atoms with E-state index in [4.69, 9.17) is 14.2 Å². The van der Waals surface area contributed by atoms with Gasteiger partial charge in [-0.2, -0.15) is 0 Å². The van der Waals surface area contributed by atoms with Crippen molar-refractivity contribution in [1.82, 2.24) is 10.2 Å². The van der Waals surface area contributed by atoms with Gasteiger partial charge in [0.25, 0.3) is 5.91 Å². The van der Waals surface area contributed by atoms with Gasteiger partial charge in [0.2, 0.25) is 11.8 Å². The largest absolute Gasteiger partial charge is 0.455 e. The number of nitrogens with one attached hydrogen (secondary N) is 1. The summed E-state index contributed by atoms with van der Waals surface area (Å²) in [7, 11) is 1.50. The lowest BCUT2D eigenvalue weighted by atomic mass is 9.70. The monoisotopic (exact) mass is 749 g/mol. The first-order valence-corrected chi connectivity index (χ1v) is 18.9. The number of fused-ring (bicyclic) bond motifs is 1. The molecule has 0 aromatic heterocycles. The van der Waals surface area contributed by atoms with Crippen LogP contribution in [0, 0.1) is 25.7 Å². The minimum Gasteiger partial charge on any atom is -0.455 e. The molecule has 290 valence electrons. The van der Waals surface area contributed by atoms with Crippen molar-refractivity contribution < 1.29 is 38.5 Å². The molecule has 3 heterocycles. The molecule has 2 N–H and O–H groups in total. The molecule has 3 aromatic carbocycles. The molecular formula is C44H51N3O8. The van der Waals surface area contributed by atoms with Gasteiger partial charge in [0.1, 0.15) is 17.7 Å². The van der Waals surface area contributed by atoms with E-state index in [1.807, 2.05) is 80.6 Å². The van der Waals surface area contributed by atoms with Gasteiger partial charge < -0.3 is 34.4 Å². The second-order valence-electron chi connectivity index (χ2n) is 14.6. The normalized spacial score (nSPS) is 24.1. The van der Waals surface area contributed by atoms with Crippen molar-refractivity contribution in [2.75, 3.05) is 31.8 Å². The SMILES string of the molecule is C=CCCC(=O)N[C@@H](COC)[C@@H](OC(=O)[C@@H]1[C@H]2C(=O)N([C@H](CO)c3ccccc3)[C@H](C(=O)N(CC=C)c3c(C)cccc3C)[C@]23CC[C@H]1O3)c1ccccc1. The van der Waals surface area contributed by atoms with Crippen molar-refractivity contribution in [1.29, 1.82) is 0 Å². The van der Waals surface area contributed by atoms with Crippen LogP contribution in [0.4, 0.5) is 5.69 Å². The number of amides is 3. The first kappa shape index (κ1) is 39.6. The summed E-state index contributed by atoms with van der Waals surface area (Å²) >= 11 is 0. The van der Waals surface area contributed by atoms with Crippen LogP contribution in [0.2, 0.25) is 0 Å². The minimum atomic E-state index is -1.38. The Bertz CT molecular complexity index is 1870. The van der Waals surface area contributed by atoms with E-state index in [0.717, 1.165) is 11.1 Å². The van der Waals surface area contributed by atoms with Gasteiger partial charge in [-0.25, -0.2) is 0 Å². The number of hydrogen-bond acceptors (Lipinski definition) is 8. The Hall–Kier alpha value is -5.10. The molecule has 0 aliphatic carbocycles. The molecule has 6 rings (SSSR count). The lowest BCUT2D eigenvalue weighted by molar-refractivity contribution is -0.163. The molecule has 3 aliphatic heterocycles. The summed E-state index contributed by atoms with van der Waals surface area (Å²) in [5.41, 5.74) is 2.33. The number of rotatable bonds is 17. The number of anilines is 1. The van der Waals surface area contributed by atoms with Gasteiger partial charge in [-0.1, -0.05) is 91.0 Å². The molecule has 0 saturated carbocycles. The number of nitrogens with zero attached hydrogens (tertiary/aromatic N) is 2. The zero-order chi connectivity index (χ0) is 39.3. The van der Waals surface area contributed by atoms with E-state index in [2.05, 4.69) is 18.5 Å². The molecule has 3 fully saturated rings. The van der Waals surface area contributed by atoms with Crippen LogP contribution in [0.1, 0.15) is 60.1 Å². The average molecular weight is 750 g/mol. The highest BCUT2D eigenvalue weighted by molar-refractivity contribution is 6.05. The standard InChI is InChI=1S/C44H51N3O8/c1-6-8-22-35(49)45-32(27-53-5)39(31-20-13-10-14-21-31)54-43(52)36-34-23-24-44(55-34)37(36)41(50)47(33(26-48)30-18-11-9-12-19-30)40(44)42(51)46(25-7-2)38-28(3)16-15-17-29(38)4/h6-7,9-21,32-34,36-37,39-40,48H,1-2,8,22-27H2,3-5H3,(H,45,49)/t32-,33+,34+,36-,37-,39-,40+,44-/m0/s1.